The Morgan fingerprint density at radius 2 is 2.00 bits per heavy atom. The minimum Gasteiger partial charge on any atom is -0.369 e. The van der Waals surface area contributed by atoms with E-state index in [1.165, 1.54) is 5.56 Å². The molecule has 0 radical (unpaired) electrons. The molecule has 0 unspecified atom stereocenters. The maximum Gasteiger partial charge on any atom is 0.103 e. The van der Waals surface area contributed by atoms with Gasteiger partial charge in [0.2, 0.25) is 0 Å². The highest BCUT2D eigenvalue weighted by Crippen LogP contribution is 2.29. The minimum absolute atomic E-state index is 0.748. The van der Waals surface area contributed by atoms with Crippen LogP contribution >= 0.6 is 27.7 Å². The average Bonchev–Trinajstić information content (AvgIpc) is 2.46. The van der Waals surface area contributed by atoms with Crippen LogP contribution in [0.4, 0.5) is 5.69 Å². The second kappa shape index (κ2) is 6.83. The van der Waals surface area contributed by atoms with E-state index in [1.807, 2.05) is 43.6 Å². The predicted octanol–water partition coefficient (Wildman–Crippen LogP) is 4.68. The highest BCUT2D eigenvalue weighted by molar-refractivity contribution is 9.10. The van der Waals surface area contributed by atoms with E-state index in [0.29, 0.717) is 0 Å². The van der Waals surface area contributed by atoms with Gasteiger partial charge in [-0.25, -0.2) is 0 Å². The molecule has 0 N–H and O–H groups in total. The Bertz CT molecular complexity index is 649. The van der Waals surface area contributed by atoms with E-state index < -0.39 is 0 Å². The van der Waals surface area contributed by atoms with Gasteiger partial charge in [-0.15, -0.1) is 11.8 Å². The highest BCUT2D eigenvalue weighted by atomic mass is 79.9. The Kier molecular flexibility index (Phi) is 5.11. The number of nitriles is 1. The van der Waals surface area contributed by atoms with Gasteiger partial charge >= 0.3 is 0 Å². The van der Waals surface area contributed by atoms with Crippen molar-refractivity contribution in [1.82, 2.24) is 0 Å². The van der Waals surface area contributed by atoms with Crippen molar-refractivity contribution in [1.29, 1.82) is 5.26 Å². The quantitative estimate of drug-likeness (QED) is 0.752. The summed E-state index contributed by atoms with van der Waals surface area (Å²) in [5.74, 6) is 0. The molecular weight excluding hydrogens is 332 g/mol. The molecule has 2 aromatic rings. The molecule has 0 heterocycles. The van der Waals surface area contributed by atoms with Crippen LogP contribution in [0.2, 0.25) is 0 Å². The minimum atomic E-state index is 0.748. The van der Waals surface area contributed by atoms with Gasteiger partial charge in [0.15, 0.2) is 0 Å². The molecule has 0 aromatic heterocycles. The van der Waals surface area contributed by atoms with Crippen molar-refractivity contribution in [2.24, 2.45) is 0 Å². The zero-order valence-electron chi connectivity index (χ0n) is 11.4. The molecule has 0 aliphatic carbocycles. The van der Waals surface area contributed by atoms with Gasteiger partial charge in [-0.05, 0) is 36.1 Å². The molecule has 0 aliphatic rings. The third-order valence-corrected chi connectivity index (χ3v) is 4.33. The number of anilines is 1. The summed E-state index contributed by atoms with van der Waals surface area (Å²) in [4.78, 5) is 3.13. The lowest BCUT2D eigenvalue weighted by Gasteiger charge is -2.21. The topological polar surface area (TPSA) is 27.0 Å². The first-order valence-electron chi connectivity index (χ1n) is 6.18. The molecule has 2 aromatic carbocycles. The van der Waals surface area contributed by atoms with Crippen molar-refractivity contribution in [3.63, 3.8) is 0 Å². The summed E-state index contributed by atoms with van der Waals surface area (Å²) < 4.78 is 1.07. The fourth-order valence-electron chi connectivity index (χ4n) is 2.11. The third-order valence-electron chi connectivity index (χ3n) is 3.06. The lowest BCUT2D eigenvalue weighted by Crippen LogP contribution is -2.17. The van der Waals surface area contributed by atoms with Gasteiger partial charge in [0.1, 0.15) is 6.07 Å². The Labute approximate surface area is 132 Å². The number of thioether (sulfide) groups is 1. The van der Waals surface area contributed by atoms with E-state index >= 15 is 0 Å². The fraction of sp³-hybridized carbons (Fsp3) is 0.188. The Hall–Kier alpha value is -1.44. The van der Waals surface area contributed by atoms with Crippen LogP contribution in [0.5, 0.6) is 0 Å². The molecule has 0 saturated heterocycles. The molecule has 0 amide bonds. The lowest BCUT2D eigenvalue weighted by atomic mass is 10.1. The first kappa shape index (κ1) is 15.0. The second-order valence-electron chi connectivity index (χ2n) is 4.45. The number of rotatable bonds is 4. The van der Waals surface area contributed by atoms with Crippen LogP contribution in [0.3, 0.4) is 0 Å². The van der Waals surface area contributed by atoms with E-state index in [1.54, 1.807) is 11.8 Å². The molecule has 0 aliphatic heterocycles. The van der Waals surface area contributed by atoms with E-state index in [2.05, 4.69) is 39.0 Å². The van der Waals surface area contributed by atoms with Crippen LogP contribution in [0.25, 0.3) is 0 Å². The van der Waals surface area contributed by atoms with Crippen molar-refractivity contribution in [2.75, 3.05) is 18.2 Å². The normalized spacial score (nSPS) is 10.1. The van der Waals surface area contributed by atoms with E-state index in [0.717, 1.165) is 27.2 Å². The van der Waals surface area contributed by atoms with Gasteiger partial charge in [0.25, 0.3) is 0 Å². The van der Waals surface area contributed by atoms with Gasteiger partial charge in [-0.3, -0.25) is 0 Å². The van der Waals surface area contributed by atoms with Crippen LogP contribution in [0.1, 0.15) is 11.1 Å². The van der Waals surface area contributed by atoms with Crippen LogP contribution in [0.15, 0.2) is 51.8 Å². The summed E-state index contributed by atoms with van der Waals surface area (Å²) >= 11 is 5.09. The summed E-state index contributed by atoms with van der Waals surface area (Å²) in [7, 11) is 2.02. The SMILES string of the molecule is CSc1cccc(N(C)Cc2cccc(Br)c2)c1C#N. The van der Waals surface area contributed by atoms with Crippen LogP contribution in [-0.2, 0) is 6.54 Å². The summed E-state index contributed by atoms with van der Waals surface area (Å²) in [6.45, 7) is 0.770. The largest absolute Gasteiger partial charge is 0.369 e. The molecule has 0 bridgehead atoms. The van der Waals surface area contributed by atoms with Gasteiger partial charge in [0.05, 0.1) is 11.3 Å². The Morgan fingerprint density at radius 1 is 1.25 bits per heavy atom. The molecule has 0 saturated carbocycles. The van der Waals surface area contributed by atoms with Gasteiger partial charge < -0.3 is 4.90 Å². The van der Waals surface area contributed by atoms with Crippen LogP contribution < -0.4 is 4.90 Å². The molecule has 2 nitrogen and oxygen atoms in total. The van der Waals surface area contributed by atoms with Crippen molar-refractivity contribution in [2.45, 2.75) is 11.4 Å². The van der Waals surface area contributed by atoms with Crippen LogP contribution in [-0.4, -0.2) is 13.3 Å². The summed E-state index contributed by atoms with van der Waals surface area (Å²) in [6, 6.07) is 16.5. The molecule has 0 fully saturated rings. The molecule has 20 heavy (non-hydrogen) atoms. The monoisotopic (exact) mass is 346 g/mol. The average molecular weight is 347 g/mol. The smallest absolute Gasteiger partial charge is 0.103 e. The van der Waals surface area contributed by atoms with E-state index in [-0.39, 0.29) is 0 Å². The molecular formula is C16H15BrN2S. The van der Waals surface area contributed by atoms with Gasteiger partial charge in [-0.1, -0.05) is 34.1 Å². The second-order valence-corrected chi connectivity index (χ2v) is 6.22. The van der Waals surface area contributed by atoms with Crippen molar-refractivity contribution in [3.8, 4) is 6.07 Å². The standard InChI is InChI=1S/C16H15BrN2S/c1-19(11-12-5-3-6-13(17)9-12)15-7-4-8-16(20-2)14(15)10-18/h3-9H,11H2,1-2H3. The zero-order chi connectivity index (χ0) is 14.5. The Balaban J connectivity index is 2.30. The summed E-state index contributed by atoms with van der Waals surface area (Å²) in [5, 5.41) is 9.39. The maximum atomic E-state index is 9.39. The maximum absolute atomic E-state index is 9.39. The lowest BCUT2D eigenvalue weighted by molar-refractivity contribution is 0.917. The van der Waals surface area contributed by atoms with Crippen molar-refractivity contribution < 1.29 is 0 Å². The third kappa shape index (κ3) is 3.36. The molecule has 0 spiro atoms. The number of hydrogen-bond donors (Lipinski definition) is 0. The van der Waals surface area contributed by atoms with E-state index in [9.17, 15) is 5.26 Å². The molecule has 0 atom stereocenters. The fourth-order valence-corrected chi connectivity index (χ4v) is 3.13. The van der Waals surface area contributed by atoms with Gasteiger partial charge in [-0.2, -0.15) is 5.26 Å². The zero-order valence-corrected chi connectivity index (χ0v) is 13.8. The number of hydrogen-bond acceptors (Lipinski definition) is 3. The predicted molar refractivity (Wildman–Crippen MR) is 89.2 cm³/mol. The van der Waals surface area contributed by atoms with Crippen LogP contribution in [0, 0.1) is 11.3 Å². The van der Waals surface area contributed by atoms with E-state index in [4.69, 9.17) is 0 Å². The molecule has 4 heteroatoms. The van der Waals surface area contributed by atoms with Gasteiger partial charge in [0, 0.05) is 23.0 Å². The number of halogens is 1. The molecule has 2 rings (SSSR count). The number of benzene rings is 2. The Morgan fingerprint density at radius 3 is 2.65 bits per heavy atom. The highest BCUT2D eigenvalue weighted by Gasteiger charge is 2.11. The number of nitrogens with zero attached hydrogens (tertiary/aromatic N) is 2. The molecule has 102 valence electrons. The first-order chi connectivity index (χ1) is 9.65. The first-order valence-corrected chi connectivity index (χ1v) is 8.20. The van der Waals surface area contributed by atoms with Crippen molar-refractivity contribution >= 4 is 33.4 Å². The van der Waals surface area contributed by atoms with Crippen molar-refractivity contribution in [3.05, 3.63) is 58.1 Å². The summed E-state index contributed by atoms with van der Waals surface area (Å²) in [6.07, 6.45) is 1.99. The summed E-state index contributed by atoms with van der Waals surface area (Å²) in [5.41, 5.74) is 2.93.